The molecule has 16 heteroatoms. The number of benzene rings is 1. The van der Waals surface area contributed by atoms with Crippen LogP contribution in [0.4, 0.5) is 0 Å². The highest BCUT2D eigenvalue weighted by molar-refractivity contribution is 5.96. The topological polar surface area (TPSA) is 264 Å². The lowest BCUT2D eigenvalue weighted by Crippen LogP contribution is -2.59. The summed E-state index contributed by atoms with van der Waals surface area (Å²) in [6, 6.07) is 1.30. The molecule has 3 rings (SSSR count). The van der Waals surface area contributed by atoms with Gasteiger partial charge in [-0.05, 0) is 69.1 Å². The molecule has 0 spiro atoms. The fourth-order valence-electron chi connectivity index (χ4n) is 6.72. The summed E-state index contributed by atoms with van der Waals surface area (Å²) in [6.07, 6.45) is 7.63. The van der Waals surface area contributed by atoms with Gasteiger partial charge in [0.15, 0.2) is 5.96 Å². The second kappa shape index (κ2) is 20.1. The largest absolute Gasteiger partial charge is 0.508 e. The molecule has 5 atom stereocenters. The molecule has 1 saturated carbocycles. The lowest BCUT2D eigenvalue weighted by molar-refractivity contribution is -0.143. The molecule has 11 N–H and O–H groups in total. The maximum atomic E-state index is 14.1. The van der Waals surface area contributed by atoms with Crippen LogP contribution in [0.25, 0.3) is 0 Å². The minimum atomic E-state index is -1.15. The van der Waals surface area contributed by atoms with Crippen LogP contribution in [0.15, 0.2) is 29.3 Å². The van der Waals surface area contributed by atoms with Crippen molar-refractivity contribution >= 4 is 41.4 Å². The van der Waals surface area contributed by atoms with Crippen molar-refractivity contribution in [3.63, 3.8) is 0 Å². The van der Waals surface area contributed by atoms with Crippen LogP contribution in [-0.2, 0) is 35.2 Å². The number of phenolic OH excluding ortho intramolecular Hbond substituents is 1. The second-order valence-corrected chi connectivity index (χ2v) is 13.6. The third-order valence-electron chi connectivity index (χ3n) is 9.42. The molecule has 1 aliphatic carbocycles. The van der Waals surface area contributed by atoms with Crippen LogP contribution < -0.4 is 38.5 Å². The number of phenols is 1. The van der Waals surface area contributed by atoms with E-state index >= 15 is 0 Å². The highest BCUT2D eigenvalue weighted by atomic mass is 16.3. The smallest absolute Gasteiger partial charge is 0.245 e. The number of nitrogens with zero attached hydrogens (tertiary/aromatic N) is 2. The Hall–Kier alpha value is -4.89. The fraction of sp³-hybridized carbons (Fsp3) is 0.629. The van der Waals surface area contributed by atoms with E-state index in [4.69, 9.17) is 17.2 Å². The maximum Gasteiger partial charge on any atom is 0.245 e. The molecule has 1 aromatic rings. The predicted molar refractivity (Wildman–Crippen MR) is 191 cm³/mol. The first-order valence-corrected chi connectivity index (χ1v) is 17.9. The molecular formula is C35H55N9O7. The Bertz CT molecular complexity index is 1390. The summed E-state index contributed by atoms with van der Waals surface area (Å²) in [5.74, 6) is -3.00. The number of amides is 6. The Morgan fingerprint density at radius 2 is 1.51 bits per heavy atom. The molecule has 1 aromatic carbocycles. The first-order chi connectivity index (χ1) is 24.2. The van der Waals surface area contributed by atoms with Crippen LogP contribution in [0.1, 0.15) is 90.0 Å². The summed E-state index contributed by atoms with van der Waals surface area (Å²) in [5.41, 5.74) is 17.0. The standard InChI is InChI=1S/C35H55N9O7/c1-21(40-22(2)45)31(48)43-28(20-23-9-4-3-5-10-23)34(51)44-18-8-12-29(44)33(50)42-27(19-24-13-15-25(46)16-14-24)32(49)41-26(30(36)47)11-6-7-17-39-35(37)38/h13-16,21,23,26-29,46H,3-12,17-20H2,1-2H3,(H2,36,47)(H,40,45)(H,41,49)(H,42,50)(H,43,48)(H4,37,38,39)/t21-,26-,27+,28+,29-/m0/s1. The maximum absolute atomic E-state index is 14.1. The summed E-state index contributed by atoms with van der Waals surface area (Å²) in [7, 11) is 0. The zero-order chi connectivity index (χ0) is 37.5. The van der Waals surface area contributed by atoms with Crippen LogP contribution in [0, 0.1) is 5.92 Å². The van der Waals surface area contributed by atoms with Crippen LogP contribution in [0.2, 0.25) is 0 Å². The number of aliphatic imine (C=N–C) groups is 1. The minimum Gasteiger partial charge on any atom is -0.508 e. The van der Waals surface area contributed by atoms with E-state index < -0.39 is 59.7 Å². The van der Waals surface area contributed by atoms with E-state index in [1.807, 2.05) is 0 Å². The molecule has 6 amide bonds. The molecule has 282 valence electrons. The van der Waals surface area contributed by atoms with Crippen LogP contribution in [0.5, 0.6) is 5.75 Å². The van der Waals surface area contributed by atoms with Gasteiger partial charge in [0.2, 0.25) is 35.4 Å². The Morgan fingerprint density at radius 1 is 0.843 bits per heavy atom. The van der Waals surface area contributed by atoms with E-state index in [0.717, 1.165) is 32.1 Å². The van der Waals surface area contributed by atoms with E-state index in [-0.39, 0.29) is 42.9 Å². The van der Waals surface area contributed by atoms with Gasteiger partial charge in [-0.2, -0.15) is 0 Å². The summed E-state index contributed by atoms with van der Waals surface area (Å²) < 4.78 is 0. The molecule has 0 aromatic heterocycles. The Labute approximate surface area is 299 Å². The monoisotopic (exact) mass is 713 g/mol. The van der Waals surface area contributed by atoms with Crippen molar-refractivity contribution in [2.75, 3.05) is 13.1 Å². The number of hydrogen-bond donors (Lipinski definition) is 8. The lowest BCUT2D eigenvalue weighted by atomic mass is 9.84. The van der Waals surface area contributed by atoms with Gasteiger partial charge in [-0.25, -0.2) is 0 Å². The quantitative estimate of drug-likeness (QED) is 0.0568. The van der Waals surface area contributed by atoms with Gasteiger partial charge >= 0.3 is 0 Å². The molecule has 1 saturated heterocycles. The van der Waals surface area contributed by atoms with Crippen molar-refractivity contribution < 1.29 is 33.9 Å². The van der Waals surface area contributed by atoms with Crippen molar-refractivity contribution in [1.82, 2.24) is 26.2 Å². The number of carbonyl (C=O) groups is 6. The van der Waals surface area contributed by atoms with Crippen LogP contribution in [0.3, 0.4) is 0 Å². The normalized spacial score (nSPS) is 18.4. The molecule has 1 aliphatic heterocycles. The van der Waals surface area contributed by atoms with Crippen molar-refractivity contribution in [2.45, 2.75) is 121 Å². The summed E-state index contributed by atoms with van der Waals surface area (Å²) in [5, 5.41) is 20.6. The van der Waals surface area contributed by atoms with Gasteiger partial charge in [0, 0.05) is 26.4 Å². The van der Waals surface area contributed by atoms with Crippen molar-refractivity contribution in [3.05, 3.63) is 29.8 Å². The predicted octanol–water partition coefficient (Wildman–Crippen LogP) is -0.196. The number of rotatable bonds is 18. The van der Waals surface area contributed by atoms with E-state index in [2.05, 4.69) is 26.3 Å². The first kappa shape index (κ1) is 40.5. The molecule has 2 fully saturated rings. The number of aromatic hydroxyl groups is 1. The number of guanidine groups is 1. The minimum absolute atomic E-state index is 0.0237. The highest BCUT2D eigenvalue weighted by Gasteiger charge is 2.40. The number of hydrogen-bond acceptors (Lipinski definition) is 8. The second-order valence-electron chi connectivity index (χ2n) is 13.6. The third kappa shape index (κ3) is 13.4. The van der Waals surface area contributed by atoms with Crippen molar-refractivity contribution in [1.29, 1.82) is 0 Å². The van der Waals surface area contributed by atoms with Crippen LogP contribution >= 0.6 is 0 Å². The van der Waals surface area contributed by atoms with Crippen molar-refractivity contribution in [2.24, 2.45) is 28.1 Å². The highest BCUT2D eigenvalue weighted by Crippen LogP contribution is 2.29. The third-order valence-corrected chi connectivity index (χ3v) is 9.42. The number of likely N-dealkylation sites (tertiary alicyclic amines) is 1. The van der Waals surface area contributed by atoms with Gasteiger partial charge in [0.05, 0.1) is 0 Å². The molecule has 0 radical (unpaired) electrons. The van der Waals surface area contributed by atoms with Gasteiger partial charge in [0.1, 0.15) is 36.0 Å². The zero-order valence-electron chi connectivity index (χ0n) is 29.7. The Kier molecular flexibility index (Phi) is 16.0. The molecule has 0 bridgehead atoms. The summed E-state index contributed by atoms with van der Waals surface area (Å²) >= 11 is 0. The number of primary amides is 1. The van der Waals surface area contributed by atoms with Gasteiger partial charge in [-0.3, -0.25) is 33.8 Å². The van der Waals surface area contributed by atoms with Gasteiger partial charge in [-0.15, -0.1) is 0 Å². The number of nitrogens with two attached hydrogens (primary N) is 3. The molecule has 0 unspecified atom stereocenters. The summed E-state index contributed by atoms with van der Waals surface area (Å²) in [6.45, 7) is 3.48. The van der Waals surface area contributed by atoms with Gasteiger partial charge < -0.3 is 48.5 Å². The van der Waals surface area contributed by atoms with E-state index in [0.29, 0.717) is 44.2 Å². The number of carbonyl (C=O) groups excluding carboxylic acids is 6. The first-order valence-electron chi connectivity index (χ1n) is 17.9. The Balaban J connectivity index is 1.78. The van der Waals surface area contributed by atoms with Crippen molar-refractivity contribution in [3.8, 4) is 5.75 Å². The molecule has 51 heavy (non-hydrogen) atoms. The summed E-state index contributed by atoms with van der Waals surface area (Å²) in [4.78, 5) is 84.0. The average Bonchev–Trinajstić information content (AvgIpc) is 3.58. The van der Waals surface area contributed by atoms with E-state index in [1.54, 1.807) is 19.1 Å². The van der Waals surface area contributed by atoms with Gasteiger partial charge in [0.25, 0.3) is 0 Å². The average molecular weight is 714 g/mol. The molecule has 16 nitrogen and oxygen atoms in total. The fourth-order valence-corrected chi connectivity index (χ4v) is 6.72. The van der Waals surface area contributed by atoms with E-state index in [1.165, 1.54) is 24.0 Å². The molecule has 1 heterocycles. The SMILES string of the molecule is CC(=O)N[C@@H](C)C(=O)N[C@H](CC1CCCCC1)C(=O)N1CCC[C@H]1C(=O)N[C@H](Cc1ccc(O)cc1)C(=O)N[C@@H](CCCCN=C(N)N)C(N)=O. The Morgan fingerprint density at radius 3 is 2.14 bits per heavy atom. The number of nitrogens with one attached hydrogen (secondary N) is 4. The van der Waals surface area contributed by atoms with Gasteiger partial charge in [-0.1, -0.05) is 44.2 Å². The molecular weight excluding hydrogens is 658 g/mol. The zero-order valence-corrected chi connectivity index (χ0v) is 29.7. The van der Waals surface area contributed by atoms with E-state index in [9.17, 15) is 33.9 Å². The lowest BCUT2D eigenvalue weighted by Gasteiger charge is -2.32. The number of unbranched alkanes of at least 4 members (excludes halogenated alkanes) is 1. The molecule has 2 aliphatic rings. The van der Waals surface area contributed by atoms with Crippen LogP contribution in [-0.4, -0.2) is 94.7 Å².